The molecule has 20 heavy (non-hydrogen) atoms. The summed E-state index contributed by atoms with van der Waals surface area (Å²) in [6.07, 6.45) is 4.30. The van der Waals surface area contributed by atoms with Gasteiger partial charge in [-0.1, -0.05) is 0 Å². The summed E-state index contributed by atoms with van der Waals surface area (Å²) in [4.78, 5) is 14.3. The van der Waals surface area contributed by atoms with Crippen molar-refractivity contribution >= 4 is 11.6 Å². The molecule has 7 nitrogen and oxygen atoms in total. The lowest BCUT2D eigenvalue weighted by atomic mass is 10.2. The van der Waals surface area contributed by atoms with Crippen molar-refractivity contribution in [2.75, 3.05) is 39.7 Å². The number of nitrogens with one attached hydrogen (secondary N) is 1. The van der Waals surface area contributed by atoms with E-state index in [1.807, 2.05) is 11.9 Å². The van der Waals surface area contributed by atoms with E-state index in [1.165, 1.54) is 0 Å². The summed E-state index contributed by atoms with van der Waals surface area (Å²) in [6.45, 7) is 2.04. The number of rotatable bonds is 6. The Morgan fingerprint density at radius 3 is 3.00 bits per heavy atom. The van der Waals surface area contributed by atoms with Gasteiger partial charge in [-0.05, 0) is 13.5 Å². The van der Waals surface area contributed by atoms with Crippen LogP contribution in [0.5, 0.6) is 0 Å². The first-order valence-electron chi connectivity index (χ1n) is 6.69. The number of hydrogen-bond donors (Lipinski definition) is 1. The number of nitrogens with zero attached hydrogens (tertiary/aromatic N) is 3. The van der Waals surface area contributed by atoms with Crippen molar-refractivity contribution in [2.24, 2.45) is 0 Å². The first-order chi connectivity index (χ1) is 9.63. The van der Waals surface area contributed by atoms with Crippen LogP contribution >= 0.6 is 0 Å². The van der Waals surface area contributed by atoms with Gasteiger partial charge in [0, 0.05) is 27.0 Å². The Morgan fingerprint density at radius 2 is 2.35 bits per heavy atom. The second-order valence-electron chi connectivity index (χ2n) is 5.02. The van der Waals surface area contributed by atoms with Crippen molar-refractivity contribution in [3.63, 3.8) is 0 Å². The van der Waals surface area contributed by atoms with Crippen LogP contribution in [0, 0.1) is 0 Å². The Labute approximate surface area is 118 Å². The fourth-order valence-corrected chi connectivity index (χ4v) is 2.39. The predicted molar refractivity (Wildman–Crippen MR) is 74.6 cm³/mol. The number of anilines is 1. The average molecular weight is 282 g/mol. The van der Waals surface area contributed by atoms with E-state index >= 15 is 0 Å². The summed E-state index contributed by atoms with van der Waals surface area (Å²) in [5.74, 6) is -0.0154. The highest BCUT2D eigenvalue weighted by Gasteiger charge is 2.34. The van der Waals surface area contributed by atoms with E-state index in [2.05, 4.69) is 10.4 Å². The number of amides is 1. The Bertz CT molecular complexity index is 449. The second-order valence-corrected chi connectivity index (χ2v) is 5.02. The molecule has 112 valence electrons. The lowest BCUT2D eigenvalue weighted by molar-refractivity contribution is -0.120. The summed E-state index contributed by atoms with van der Waals surface area (Å²) < 4.78 is 12.0. The quantitative estimate of drug-likeness (QED) is 0.806. The van der Waals surface area contributed by atoms with Crippen molar-refractivity contribution in [2.45, 2.75) is 25.1 Å². The molecule has 1 saturated heterocycles. The first-order valence-corrected chi connectivity index (χ1v) is 6.69. The molecule has 2 atom stereocenters. The summed E-state index contributed by atoms with van der Waals surface area (Å²) >= 11 is 0. The molecular formula is C13H22N4O3. The number of likely N-dealkylation sites (N-methyl/N-ethyl adjacent to an activating group) is 1. The molecule has 0 radical (unpaired) electrons. The van der Waals surface area contributed by atoms with Gasteiger partial charge in [0.15, 0.2) is 0 Å². The topological polar surface area (TPSA) is 68.6 Å². The summed E-state index contributed by atoms with van der Waals surface area (Å²) in [6, 6.07) is -0.151. The van der Waals surface area contributed by atoms with E-state index in [1.54, 1.807) is 31.3 Å². The van der Waals surface area contributed by atoms with Crippen LogP contribution in [0.3, 0.4) is 0 Å². The van der Waals surface area contributed by atoms with Crippen LogP contribution in [0.1, 0.15) is 6.42 Å². The van der Waals surface area contributed by atoms with E-state index in [4.69, 9.17) is 9.47 Å². The highest BCUT2D eigenvalue weighted by atomic mass is 16.5. The van der Waals surface area contributed by atoms with Crippen molar-refractivity contribution in [3.05, 3.63) is 12.4 Å². The molecule has 1 aromatic heterocycles. The fourth-order valence-electron chi connectivity index (χ4n) is 2.39. The van der Waals surface area contributed by atoms with Gasteiger partial charge in [0.05, 0.1) is 37.2 Å². The summed E-state index contributed by atoms with van der Waals surface area (Å²) in [5, 5.41) is 7.06. The normalized spacial score (nSPS) is 23.1. The van der Waals surface area contributed by atoms with Crippen LogP contribution in [0.2, 0.25) is 0 Å². The second kappa shape index (κ2) is 6.83. The van der Waals surface area contributed by atoms with Crippen LogP contribution in [-0.2, 0) is 20.8 Å². The molecular weight excluding hydrogens is 260 g/mol. The Morgan fingerprint density at radius 1 is 1.55 bits per heavy atom. The average Bonchev–Trinajstić information content (AvgIpc) is 3.02. The zero-order valence-electron chi connectivity index (χ0n) is 12.2. The number of ether oxygens (including phenoxy) is 2. The number of likely N-dealkylation sites (tertiary alicyclic amines) is 1. The van der Waals surface area contributed by atoms with Crippen LogP contribution < -0.4 is 5.32 Å². The molecule has 1 fully saturated rings. The van der Waals surface area contributed by atoms with E-state index < -0.39 is 0 Å². The number of aromatic nitrogens is 2. The predicted octanol–water partition coefficient (Wildman–Crippen LogP) is 0.187. The molecule has 0 spiro atoms. The minimum atomic E-state index is -0.151. The van der Waals surface area contributed by atoms with E-state index in [0.717, 1.165) is 13.0 Å². The maximum Gasteiger partial charge on any atom is 0.241 e. The van der Waals surface area contributed by atoms with Gasteiger partial charge < -0.3 is 14.8 Å². The van der Waals surface area contributed by atoms with Crippen LogP contribution in [-0.4, -0.2) is 67.2 Å². The standard InChI is InChI=1S/C13H22N4O3/c1-16-9-11(20-3)6-12(16)13(18)15-10-7-14-17(8-10)4-5-19-2/h7-8,11-12H,4-6,9H2,1-3H3,(H,15,18)/t11-,12-/m0/s1. The minimum Gasteiger partial charge on any atom is -0.383 e. The molecule has 1 N–H and O–H groups in total. The number of hydrogen-bond acceptors (Lipinski definition) is 5. The summed E-state index contributed by atoms with van der Waals surface area (Å²) in [7, 11) is 5.26. The molecule has 1 aliphatic heterocycles. The maximum absolute atomic E-state index is 12.2. The molecule has 0 aliphatic carbocycles. The monoisotopic (exact) mass is 282 g/mol. The van der Waals surface area contributed by atoms with Crippen LogP contribution in [0.4, 0.5) is 5.69 Å². The van der Waals surface area contributed by atoms with E-state index in [0.29, 0.717) is 18.8 Å². The van der Waals surface area contributed by atoms with Crippen LogP contribution in [0.25, 0.3) is 0 Å². The molecule has 1 amide bonds. The number of carbonyl (C=O) groups is 1. The minimum absolute atomic E-state index is 0.0154. The highest BCUT2D eigenvalue weighted by Crippen LogP contribution is 2.19. The molecule has 0 bridgehead atoms. The molecule has 1 aromatic rings. The van der Waals surface area contributed by atoms with Gasteiger partial charge in [0.2, 0.25) is 5.91 Å². The molecule has 0 saturated carbocycles. The third kappa shape index (κ3) is 3.56. The molecule has 2 rings (SSSR count). The Hall–Kier alpha value is -1.44. The molecule has 0 aromatic carbocycles. The van der Waals surface area contributed by atoms with E-state index in [-0.39, 0.29) is 18.1 Å². The van der Waals surface area contributed by atoms with Gasteiger partial charge in [-0.25, -0.2) is 0 Å². The molecule has 2 heterocycles. The maximum atomic E-state index is 12.2. The lowest BCUT2D eigenvalue weighted by Crippen LogP contribution is -2.36. The van der Waals surface area contributed by atoms with Gasteiger partial charge in [-0.3, -0.25) is 14.4 Å². The van der Waals surface area contributed by atoms with Gasteiger partial charge >= 0.3 is 0 Å². The zero-order valence-corrected chi connectivity index (χ0v) is 12.2. The van der Waals surface area contributed by atoms with E-state index in [9.17, 15) is 4.79 Å². The van der Waals surface area contributed by atoms with Gasteiger partial charge in [0.25, 0.3) is 0 Å². The largest absolute Gasteiger partial charge is 0.383 e. The Kier molecular flexibility index (Phi) is 5.11. The van der Waals surface area contributed by atoms with Crippen molar-refractivity contribution in [3.8, 4) is 0 Å². The third-order valence-electron chi connectivity index (χ3n) is 3.57. The highest BCUT2D eigenvalue weighted by molar-refractivity contribution is 5.94. The SMILES string of the molecule is COCCn1cc(NC(=O)[C@@H]2C[C@H](OC)CN2C)cn1. The van der Waals surface area contributed by atoms with Crippen molar-refractivity contribution in [1.29, 1.82) is 0 Å². The first kappa shape index (κ1) is 15.0. The van der Waals surface area contributed by atoms with Crippen molar-refractivity contribution < 1.29 is 14.3 Å². The van der Waals surface area contributed by atoms with Gasteiger partial charge in [0.1, 0.15) is 0 Å². The lowest BCUT2D eigenvalue weighted by Gasteiger charge is -2.17. The third-order valence-corrected chi connectivity index (χ3v) is 3.57. The molecule has 1 aliphatic rings. The summed E-state index contributed by atoms with van der Waals surface area (Å²) in [5.41, 5.74) is 0.709. The zero-order chi connectivity index (χ0) is 14.5. The van der Waals surface area contributed by atoms with Gasteiger partial charge in [-0.15, -0.1) is 0 Å². The fraction of sp³-hybridized carbons (Fsp3) is 0.692. The number of methoxy groups -OCH3 is 2. The smallest absolute Gasteiger partial charge is 0.241 e. The van der Waals surface area contributed by atoms with Gasteiger partial charge in [-0.2, -0.15) is 5.10 Å². The van der Waals surface area contributed by atoms with Crippen molar-refractivity contribution in [1.82, 2.24) is 14.7 Å². The Balaban J connectivity index is 1.89. The molecule has 0 unspecified atom stereocenters. The van der Waals surface area contributed by atoms with Crippen LogP contribution in [0.15, 0.2) is 12.4 Å². The molecule has 7 heteroatoms. The number of carbonyl (C=O) groups excluding carboxylic acids is 1.